The maximum absolute atomic E-state index is 10.0. The summed E-state index contributed by atoms with van der Waals surface area (Å²) in [5, 5.41) is 10.6. The highest BCUT2D eigenvalue weighted by molar-refractivity contribution is 6.32. The number of hydrogen-bond donors (Lipinski definition) is 1. The Balaban J connectivity index is 1.73. The molecular weight excluding hydrogens is 262 g/mol. The highest BCUT2D eigenvalue weighted by Gasteiger charge is 2.18. The van der Waals surface area contributed by atoms with E-state index in [1.54, 1.807) is 6.07 Å². The van der Waals surface area contributed by atoms with E-state index in [0.717, 1.165) is 19.0 Å². The number of nitrogens with zero attached hydrogens (tertiary/aromatic N) is 1. The van der Waals surface area contributed by atoms with E-state index >= 15 is 0 Å². The second-order valence-corrected chi connectivity index (χ2v) is 5.79. The van der Waals surface area contributed by atoms with Gasteiger partial charge in [0.1, 0.15) is 18.5 Å². The number of rotatable bonds is 5. The zero-order chi connectivity index (χ0) is 13.7. The molecule has 3 nitrogen and oxygen atoms in total. The van der Waals surface area contributed by atoms with Gasteiger partial charge in [0, 0.05) is 6.54 Å². The van der Waals surface area contributed by atoms with Crippen molar-refractivity contribution in [2.45, 2.75) is 25.9 Å². The Kier molecular flexibility index (Phi) is 5.49. The van der Waals surface area contributed by atoms with E-state index in [9.17, 15) is 5.11 Å². The maximum atomic E-state index is 10.0. The third kappa shape index (κ3) is 4.68. The Labute approximate surface area is 120 Å². The number of halogens is 1. The topological polar surface area (TPSA) is 32.7 Å². The third-order valence-corrected chi connectivity index (χ3v) is 3.93. The number of piperidine rings is 1. The fourth-order valence-corrected chi connectivity index (χ4v) is 2.53. The number of para-hydroxylation sites is 1. The monoisotopic (exact) mass is 283 g/mol. The van der Waals surface area contributed by atoms with E-state index in [1.807, 2.05) is 18.2 Å². The summed E-state index contributed by atoms with van der Waals surface area (Å²) >= 11 is 6.00. The smallest absolute Gasteiger partial charge is 0.138 e. The lowest BCUT2D eigenvalue weighted by Gasteiger charge is -2.31. The Hall–Kier alpha value is -0.770. The molecule has 0 aromatic heterocycles. The maximum Gasteiger partial charge on any atom is 0.138 e. The summed E-state index contributed by atoms with van der Waals surface area (Å²) in [4.78, 5) is 2.31. The van der Waals surface area contributed by atoms with Crippen molar-refractivity contribution < 1.29 is 9.84 Å². The van der Waals surface area contributed by atoms with Gasteiger partial charge in [0.15, 0.2) is 0 Å². The molecule has 19 heavy (non-hydrogen) atoms. The number of ether oxygens (including phenoxy) is 1. The van der Waals surface area contributed by atoms with Crippen LogP contribution in [0.25, 0.3) is 0 Å². The molecule has 4 heteroatoms. The minimum atomic E-state index is -0.468. The molecule has 0 bridgehead atoms. The van der Waals surface area contributed by atoms with Crippen LogP contribution in [0.4, 0.5) is 0 Å². The Bertz CT molecular complexity index is 391. The Morgan fingerprint density at radius 1 is 1.37 bits per heavy atom. The van der Waals surface area contributed by atoms with Crippen molar-refractivity contribution in [1.29, 1.82) is 0 Å². The zero-order valence-electron chi connectivity index (χ0n) is 11.4. The molecule has 1 fully saturated rings. The van der Waals surface area contributed by atoms with E-state index in [1.165, 1.54) is 12.8 Å². The highest BCUT2D eigenvalue weighted by Crippen LogP contribution is 2.23. The number of benzene rings is 1. The van der Waals surface area contributed by atoms with Crippen molar-refractivity contribution in [3.05, 3.63) is 29.3 Å². The van der Waals surface area contributed by atoms with Crippen LogP contribution in [0.15, 0.2) is 24.3 Å². The minimum Gasteiger partial charge on any atom is -0.489 e. The molecule has 0 saturated carbocycles. The standard InChI is InChI=1S/C15H22ClNO2/c1-12-6-8-17(9-7-12)10-13(18)11-19-15-5-3-2-4-14(15)16/h2-5,12-13,18H,6-11H2,1H3/t13-/m0/s1. The number of hydrogen-bond acceptors (Lipinski definition) is 3. The Morgan fingerprint density at radius 3 is 2.74 bits per heavy atom. The van der Waals surface area contributed by atoms with Crippen molar-refractivity contribution in [1.82, 2.24) is 4.90 Å². The summed E-state index contributed by atoms with van der Waals surface area (Å²) < 4.78 is 5.55. The fraction of sp³-hybridized carbons (Fsp3) is 0.600. The highest BCUT2D eigenvalue weighted by atomic mass is 35.5. The number of aliphatic hydroxyl groups excluding tert-OH is 1. The van der Waals surface area contributed by atoms with E-state index in [0.29, 0.717) is 17.3 Å². The first-order valence-electron chi connectivity index (χ1n) is 6.93. The lowest BCUT2D eigenvalue weighted by molar-refractivity contribution is 0.0563. The van der Waals surface area contributed by atoms with Crippen LogP contribution < -0.4 is 4.74 Å². The molecule has 1 aliphatic rings. The first kappa shape index (κ1) is 14.6. The number of β-amino-alcohol motifs (C(OH)–C–C–N with tert-alkyl or cyclic N) is 1. The van der Waals surface area contributed by atoms with Gasteiger partial charge in [-0.3, -0.25) is 0 Å². The molecule has 106 valence electrons. The molecule has 1 heterocycles. The minimum absolute atomic E-state index is 0.287. The molecular formula is C15H22ClNO2. The fourth-order valence-electron chi connectivity index (χ4n) is 2.34. The van der Waals surface area contributed by atoms with Gasteiger partial charge in [-0.2, -0.15) is 0 Å². The van der Waals surface area contributed by atoms with Gasteiger partial charge >= 0.3 is 0 Å². The van der Waals surface area contributed by atoms with Gasteiger partial charge < -0.3 is 14.7 Å². The van der Waals surface area contributed by atoms with E-state index in [4.69, 9.17) is 16.3 Å². The number of aliphatic hydroxyl groups is 1. The van der Waals surface area contributed by atoms with Crippen LogP contribution in [0.3, 0.4) is 0 Å². The predicted molar refractivity (Wildman–Crippen MR) is 77.8 cm³/mol. The molecule has 2 rings (SSSR count). The summed E-state index contributed by atoms with van der Waals surface area (Å²) in [6.45, 7) is 5.40. The molecule has 0 unspecified atom stereocenters. The van der Waals surface area contributed by atoms with Gasteiger partial charge in [-0.1, -0.05) is 30.7 Å². The summed E-state index contributed by atoms with van der Waals surface area (Å²) in [7, 11) is 0. The average Bonchev–Trinajstić information content (AvgIpc) is 2.40. The normalized spacial score (nSPS) is 19.3. The summed E-state index contributed by atoms with van der Waals surface area (Å²) in [6.07, 6.45) is 1.97. The van der Waals surface area contributed by atoms with Crippen LogP contribution in [0, 0.1) is 5.92 Å². The predicted octanol–water partition coefficient (Wildman–Crippen LogP) is 2.81. The van der Waals surface area contributed by atoms with Crippen LogP contribution in [-0.4, -0.2) is 42.4 Å². The molecule has 1 aliphatic heterocycles. The molecule has 0 amide bonds. The van der Waals surface area contributed by atoms with Crippen LogP contribution in [-0.2, 0) is 0 Å². The van der Waals surface area contributed by atoms with Crippen molar-refractivity contribution in [3.63, 3.8) is 0 Å². The van der Waals surface area contributed by atoms with Gasteiger partial charge in [0.2, 0.25) is 0 Å². The van der Waals surface area contributed by atoms with E-state index < -0.39 is 6.10 Å². The SMILES string of the molecule is CC1CCN(C[C@H](O)COc2ccccc2Cl)CC1. The van der Waals surface area contributed by atoms with Crippen molar-refractivity contribution in [2.24, 2.45) is 5.92 Å². The van der Waals surface area contributed by atoms with Gasteiger partial charge in [0.25, 0.3) is 0 Å². The molecule has 0 spiro atoms. The number of likely N-dealkylation sites (tertiary alicyclic amines) is 1. The second-order valence-electron chi connectivity index (χ2n) is 5.38. The lowest BCUT2D eigenvalue weighted by Crippen LogP contribution is -2.40. The quantitative estimate of drug-likeness (QED) is 0.902. The van der Waals surface area contributed by atoms with Gasteiger partial charge in [0.05, 0.1) is 5.02 Å². The lowest BCUT2D eigenvalue weighted by atomic mass is 9.99. The zero-order valence-corrected chi connectivity index (χ0v) is 12.1. The third-order valence-electron chi connectivity index (χ3n) is 3.61. The Morgan fingerprint density at radius 2 is 2.05 bits per heavy atom. The molecule has 1 aromatic carbocycles. The van der Waals surface area contributed by atoms with Gasteiger partial charge in [-0.15, -0.1) is 0 Å². The van der Waals surface area contributed by atoms with Crippen LogP contribution in [0.2, 0.25) is 5.02 Å². The van der Waals surface area contributed by atoms with Crippen molar-refractivity contribution in [3.8, 4) is 5.75 Å². The summed E-state index contributed by atoms with van der Waals surface area (Å²) in [5.41, 5.74) is 0. The average molecular weight is 284 g/mol. The molecule has 0 aliphatic carbocycles. The second kappa shape index (κ2) is 7.13. The first-order chi connectivity index (χ1) is 9.15. The van der Waals surface area contributed by atoms with Crippen molar-refractivity contribution in [2.75, 3.05) is 26.2 Å². The van der Waals surface area contributed by atoms with Crippen molar-refractivity contribution >= 4 is 11.6 Å². The molecule has 1 aromatic rings. The van der Waals surface area contributed by atoms with Crippen LogP contribution in [0.5, 0.6) is 5.75 Å². The van der Waals surface area contributed by atoms with Gasteiger partial charge in [-0.05, 0) is 44.0 Å². The van der Waals surface area contributed by atoms with E-state index in [2.05, 4.69) is 11.8 Å². The van der Waals surface area contributed by atoms with Crippen LogP contribution in [0.1, 0.15) is 19.8 Å². The van der Waals surface area contributed by atoms with Gasteiger partial charge in [-0.25, -0.2) is 0 Å². The largest absolute Gasteiger partial charge is 0.489 e. The van der Waals surface area contributed by atoms with Crippen LogP contribution >= 0.6 is 11.6 Å². The molecule has 1 saturated heterocycles. The summed E-state index contributed by atoms with van der Waals surface area (Å²) in [6, 6.07) is 7.34. The summed E-state index contributed by atoms with van der Waals surface area (Å²) in [5.74, 6) is 1.45. The molecule has 1 N–H and O–H groups in total. The van der Waals surface area contributed by atoms with E-state index in [-0.39, 0.29) is 6.61 Å². The molecule has 0 radical (unpaired) electrons. The first-order valence-corrected chi connectivity index (χ1v) is 7.30. The molecule has 1 atom stereocenters.